The first-order chi connectivity index (χ1) is 12.2. The summed E-state index contributed by atoms with van der Waals surface area (Å²) in [5, 5.41) is 2.81. The van der Waals surface area contributed by atoms with Gasteiger partial charge in [0.05, 0.1) is 11.3 Å². The second-order valence-electron chi connectivity index (χ2n) is 6.64. The molecule has 1 saturated heterocycles. The molecule has 1 fully saturated rings. The van der Waals surface area contributed by atoms with Crippen molar-refractivity contribution < 1.29 is 13.2 Å². The van der Waals surface area contributed by atoms with Crippen molar-refractivity contribution in [2.45, 2.75) is 32.9 Å². The number of rotatable bonds is 3. The molecule has 0 atom stereocenters. The smallest absolute Gasteiger partial charge is 0.356 e. The van der Waals surface area contributed by atoms with Crippen LogP contribution in [0.15, 0.2) is 24.3 Å². The highest BCUT2D eigenvalue weighted by atomic mass is 35.5. The summed E-state index contributed by atoms with van der Waals surface area (Å²) >= 11 is 5.73. The van der Waals surface area contributed by atoms with Gasteiger partial charge in [-0.05, 0) is 43.9 Å². The Kier molecular flexibility index (Phi) is 5.27. The summed E-state index contributed by atoms with van der Waals surface area (Å²) in [5.41, 5.74) is -0.909. The number of hydrogen-bond acceptors (Lipinski definition) is 4. The number of benzene rings is 1. The van der Waals surface area contributed by atoms with E-state index in [1.807, 2.05) is 0 Å². The van der Waals surface area contributed by atoms with E-state index in [9.17, 15) is 13.2 Å². The van der Waals surface area contributed by atoms with Crippen LogP contribution in [0.25, 0.3) is 0 Å². The van der Waals surface area contributed by atoms with Gasteiger partial charge >= 0.3 is 6.18 Å². The van der Waals surface area contributed by atoms with E-state index in [0.717, 1.165) is 37.8 Å². The van der Waals surface area contributed by atoms with Crippen molar-refractivity contribution in [3.05, 3.63) is 40.7 Å². The van der Waals surface area contributed by atoms with E-state index >= 15 is 0 Å². The first-order valence-corrected chi connectivity index (χ1v) is 8.84. The Morgan fingerprint density at radius 3 is 2.50 bits per heavy atom. The number of nitrogens with one attached hydrogen (secondary N) is 1. The van der Waals surface area contributed by atoms with Crippen LogP contribution in [0.2, 0.25) is 5.02 Å². The molecule has 2 aromatic rings. The van der Waals surface area contributed by atoms with Crippen molar-refractivity contribution in [1.29, 1.82) is 0 Å². The zero-order valence-corrected chi connectivity index (χ0v) is 15.3. The van der Waals surface area contributed by atoms with E-state index in [1.54, 1.807) is 13.0 Å². The summed E-state index contributed by atoms with van der Waals surface area (Å²) in [4.78, 5) is 10.8. The normalized spacial score (nSPS) is 16.0. The van der Waals surface area contributed by atoms with Gasteiger partial charge in [-0.1, -0.05) is 18.5 Å². The predicted molar refractivity (Wildman–Crippen MR) is 97.1 cm³/mol. The van der Waals surface area contributed by atoms with Crippen molar-refractivity contribution in [1.82, 2.24) is 9.97 Å². The highest BCUT2D eigenvalue weighted by molar-refractivity contribution is 6.30. The molecule has 8 heteroatoms. The molecule has 0 saturated carbocycles. The van der Waals surface area contributed by atoms with E-state index in [4.69, 9.17) is 11.6 Å². The fourth-order valence-corrected chi connectivity index (χ4v) is 3.19. The molecule has 0 spiro atoms. The van der Waals surface area contributed by atoms with Gasteiger partial charge in [-0.15, -0.1) is 0 Å². The molecular formula is C18H20ClF3N4. The average Bonchev–Trinajstić information content (AvgIpc) is 2.56. The number of halogens is 4. The van der Waals surface area contributed by atoms with Gasteiger partial charge in [0.2, 0.25) is 0 Å². The quantitative estimate of drug-likeness (QED) is 0.765. The minimum Gasteiger partial charge on any atom is -0.356 e. The van der Waals surface area contributed by atoms with Crippen molar-refractivity contribution in [2.24, 2.45) is 5.92 Å². The Morgan fingerprint density at radius 2 is 1.85 bits per heavy atom. The highest BCUT2D eigenvalue weighted by Crippen LogP contribution is 2.37. The number of piperidine rings is 1. The minimum atomic E-state index is -4.51. The maximum atomic E-state index is 13.3. The molecule has 4 nitrogen and oxygen atoms in total. The number of nitrogens with zero attached hydrogens (tertiary/aromatic N) is 3. The molecule has 0 unspecified atom stereocenters. The topological polar surface area (TPSA) is 41.1 Å². The van der Waals surface area contributed by atoms with Gasteiger partial charge in [0.1, 0.15) is 17.5 Å². The van der Waals surface area contributed by atoms with Crippen molar-refractivity contribution in [3.63, 3.8) is 0 Å². The van der Waals surface area contributed by atoms with Crippen LogP contribution in [0, 0.1) is 12.8 Å². The van der Waals surface area contributed by atoms with Crippen LogP contribution >= 0.6 is 11.6 Å². The van der Waals surface area contributed by atoms with Crippen molar-refractivity contribution in [3.8, 4) is 0 Å². The van der Waals surface area contributed by atoms with Crippen LogP contribution in [0.1, 0.15) is 31.2 Å². The molecule has 1 N–H and O–H groups in total. The molecule has 2 heterocycles. The van der Waals surface area contributed by atoms with Crippen LogP contribution in [-0.2, 0) is 6.18 Å². The first kappa shape index (κ1) is 18.8. The average molecular weight is 385 g/mol. The largest absolute Gasteiger partial charge is 0.418 e. The van der Waals surface area contributed by atoms with Gasteiger partial charge in [0, 0.05) is 24.2 Å². The van der Waals surface area contributed by atoms with Crippen LogP contribution in [0.3, 0.4) is 0 Å². The van der Waals surface area contributed by atoms with E-state index < -0.39 is 11.7 Å². The van der Waals surface area contributed by atoms with Gasteiger partial charge in [-0.2, -0.15) is 13.2 Å². The maximum absolute atomic E-state index is 13.3. The maximum Gasteiger partial charge on any atom is 0.418 e. The second kappa shape index (κ2) is 7.31. The standard InChI is InChI=1S/C18H20ClF3N4/c1-11-5-7-26(8-6-11)17-10-16(23-12(2)24-17)25-15-4-3-13(19)9-14(15)18(20,21)22/h3-4,9-11H,5-8H2,1-2H3,(H,23,24,25). The summed E-state index contributed by atoms with van der Waals surface area (Å²) < 4.78 is 39.8. The molecule has 3 rings (SSSR count). The summed E-state index contributed by atoms with van der Waals surface area (Å²) in [6.07, 6.45) is -2.37. The summed E-state index contributed by atoms with van der Waals surface area (Å²) in [6.45, 7) is 5.71. The van der Waals surface area contributed by atoms with Gasteiger partial charge < -0.3 is 10.2 Å². The molecular weight excluding hydrogens is 365 g/mol. The monoisotopic (exact) mass is 384 g/mol. The molecule has 0 aliphatic carbocycles. The molecule has 1 aliphatic heterocycles. The lowest BCUT2D eigenvalue weighted by molar-refractivity contribution is -0.136. The molecule has 1 aliphatic rings. The fraction of sp³-hybridized carbons (Fsp3) is 0.444. The lowest BCUT2D eigenvalue weighted by Gasteiger charge is -2.31. The number of aromatic nitrogens is 2. The molecule has 26 heavy (non-hydrogen) atoms. The van der Waals surface area contributed by atoms with Crippen molar-refractivity contribution in [2.75, 3.05) is 23.3 Å². The van der Waals surface area contributed by atoms with Crippen LogP contribution < -0.4 is 10.2 Å². The lowest BCUT2D eigenvalue weighted by atomic mass is 9.99. The van der Waals surface area contributed by atoms with E-state index in [2.05, 4.69) is 27.1 Å². The molecule has 140 valence electrons. The van der Waals surface area contributed by atoms with Gasteiger partial charge in [0.25, 0.3) is 0 Å². The van der Waals surface area contributed by atoms with Gasteiger partial charge in [-0.25, -0.2) is 9.97 Å². The number of alkyl halides is 3. The van der Waals surface area contributed by atoms with Crippen molar-refractivity contribution >= 4 is 28.9 Å². The third-order valence-corrected chi connectivity index (χ3v) is 4.72. The number of hydrogen-bond donors (Lipinski definition) is 1. The van der Waals surface area contributed by atoms with Crippen LogP contribution in [-0.4, -0.2) is 23.1 Å². The third kappa shape index (κ3) is 4.38. The summed E-state index contributed by atoms with van der Waals surface area (Å²) in [5.74, 6) is 2.25. The summed E-state index contributed by atoms with van der Waals surface area (Å²) in [6, 6.07) is 5.33. The lowest BCUT2D eigenvalue weighted by Crippen LogP contribution is -2.33. The van der Waals surface area contributed by atoms with E-state index in [1.165, 1.54) is 12.1 Å². The minimum absolute atomic E-state index is 0.0323. The molecule has 0 radical (unpaired) electrons. The van der Waals surface area contributed by atoms with Crippen LogP contribution in [0.4, 0.5) is 30.5 Å². The molecule has 0 amide bonds. The van der Waals surface area contributed by atoms with Gasteiger partial charge in [0.15, 0.2) is 0 Å². The van der Waals surface area contributed by atoms with Gasteiger partial charge in [-0.3, -0.25) is 0 Å². The molecule has 0 bridgehead atoms. The summed E-state index contributed by atoms with van der Waals surface area (Å²) in [7, 11) is 0. The number of aryl methyl sites for hydroxylation is 1. The number of anilines is 3. The van der Waals surface area contributed by atoms with Crippen LogP contribution in [0.5, 0.6) is 0 Å². The Bertz CT molecular complexity index is 786. The fourth-order valence-electron chi connectivity index (χ4n) is 3.01. The predicted octanol–water partition coefficient (Wildman–Crippen LogP) is 5.44. The third-order valence-electron chi connectivity index (χ3n) is 4.48. The zero-order valence-electron chi connectivity index (χ0n) is 14.6. The Morgan fingerprint density at radius 1 is 1.15 bits per heavy atom. The highest BCUT2D eigenvalue weighted by Gasteiger charge is 2.34. The van der Waals surface area contributed by atoms with E-state index in [0.29, 0.717) is 17.6 Å². The SMILES string of the molecule is Cc1nc(Nc2ccc(Cl)cc2C(F)(F)F)cc(N2CCC(C)CC2)n1. The second-order valence-corrected chi connectivity index (χ2v) is 7.08. The molecule has 1 aromatic carbocycles. The first-order valence-electron chi connectivity index (χ1n) is 8.47. The Labute approximate surface area is 155 Å². The van der Waals surface area contributed by atoms with E-state index in [-0.39, 0.29) is 10.7 Å². The Hall–Kier alpha value is -2.02. The Balaban J connectivity index is 1.89. The zero-order chi connectivity index (χ0) is 18.9. The molecule has 1 aromatic heterocycles.